The number of benzene rings is 2. The topological polar surface area (TPSA) is 61.4 Å². The maximum atomic E-state index is 13.1. The molecule has 2 amide bonds. The molecule has 0 saturated heterocycles. The molecule has 0 fully saturated rings. The lowest BCUT2D eigenvalue weighted by Gasteiger charge is -2.32. The van der Waals surface area contributed by atoms with Gasteiger partial charge in [-0.3, -0.25) is 9.59 Å². The van der Waals surface area contributed by atoms with Gasteiger partial charge in [-0.05, 0) is 54.5 Å². The quantitative estimate of drug-likeness (QED) is 0.678. The normalized spacial score (nSPS) is 14.5. The molecule has 0 aliphatic carbocycles. The summed E-state index contributed by atoms with van der Waals surface area (Å²) in [6.45, 7) is 11.8. The Labute approximate surface area is 186 Å². The summed E-state index contributed by atoms with van der Waals surface area (Å²) < 4.78 is 0. The van der Waals surface area contributed by atoms with E-state index in [1.165, 1.54) is 11.1 Å². The van der Waals surface area contributed by atoms with Crippen molar-refractivity contribution in [3.05, 3.63) is 59.2 Å². The molecule has 1 aliphatic rings. The van der Waals surface area contributed by atoms with E-state index in [4.69, 9.17) is 0 Å². The molecule has 0 aromatic heterocycles. The zero-order valence-corrected chi connectivity index (χ0v) is 19.4. The van der Waals surface area contributed by atoms with Crippen LogP contribution in [0.4, 0.5) is 11.4 Å². The van der Waals surface area contributed by atoms with E-state index in [0.717, 1.165) is 31.6 Å². The van der Waals surface area contributed by atoms with Gasteiger partial charge >= 0.3 is 0 Å². The highest BCUT2D eigenvalue weighted by atomic mass is 16.2. The van der Waals surface area contributed by atoms with Crippen LogP contribution in [0.25, 0.3) is 0 Å². The van der Waals surface area contributed by atoms with Crippen molar-refractivity contribution in [3.8, 4) is 0 Å². The minimum absolute atomic E-state index is 0.0413. The Morgan fingerprint density at radius 2 is 1.81 bits per heavy atom. The molecule has 0 unspecified atom stereocenters. The Hall–Kier alpha value is -2.82. The standard InChI is InChI=1S/C26H35N3O2/c1-6-18(2)27-25(31)22-15-21(28-24(30)16-26(3,4)5)11-12-23(22)29-14-13-19-9-7-8-10-20(19)17-29/h7-12,15,18H,6,13-14,16-17H2,1-5H3,(H,27,31)(H,28,30)/t18-/m1/s1. The number of carbonyl (C=O) groups excluding carboxylic acids is 2. The maximum Gasteiger partial charge on any atom is 0.253 e. The molecule has 2 N–H and O–H groups in total. The Morgan fingerprint density at radius 3 is 2.48 bits per heavy atom. The van der Waals surface area contributed by atoms with Crippen molar-refractivity contribution in [3.63, 3.8) is 0 Å². The minimum Gasteiger partial charge on any atom is -0.366 e. The Balaban J connectivity index is 1.89. The van der Waals surface area contributed by atoms with Gasteiger partial charge in [-0.2, -0.15) is 0 Å². The number of hydrogen-bond donors (Lipinski definition) is 2. The smallest absolute Gasteiger partial charge is 0.253 e. The number of nitrogens with one attached hydrogen (secondary N) is 2. The number of nitrogens with zero attached hydrogens (tertiary/aromatic N) is 1. The molecular weight excluding hydrogens is 386 g/mol. The molecule has 166 valence electrons. The van der Waals surface area contributed by atoms with Gasteiger partial charge in [-0.15, -0.1) is 0 Å². The van der Waals surface area contributed by atoms with E-state index in [-0.39, 0.29) is 23.3 Å². The van der Waals surface area contributed by atoms with Gasteiger partial charge in [0.1, 0.15) is 0 Å². The second kappa shape index (κ2) is 9.54. The SMILES string of the molecule is CC[C@@H](C)NC(=O)c1cc(NC(=O)CC(C)(C)C)ccc1N1CCc2ccccc2C1. The van der Waals surface area contributed by atoms with Crippen LogP contribution in [0, 0.1) is 5.41 Å². The van der Waals surface area contributed by atoms with Crippen LogP contribution in [0.3, 0.4) is 0 Å². The van der Waals surface area contributed by atoms with E-state index in [9.17, 15) is 9.59 Å². The van der Waals surface area contributed by atoms with Crippen LogP contribution in [-0.4, -0.2) is 24.4 Å². The second-order valence-electron chi connectivity index (χ2n) is 9.74. The Morgan fingerprint density at radius 1 is 1.10 bits per heavy atom. The third kappa shape index (κ3) is 6.09. The monoisotopic (exact) mass is 421 g/mol. The molecule has 0 saturated carbocycles. The number of fused-ring (bicyclic) bond motifs is 1. The summed E-state index contributed by atoms with van der Waals surface area (Å²) in [7, 11) is 0. The van der Waals surface area contributed by atoms with Crippen LogP contribution in [0.5, 0.6) is 0 Å². The average molecular weight is 422 g/mol. The maximum absolute atomic E-state index is 13.1. The van der Waals surface area contributed by atoms with Crippen molar-refractivity contribution in [2.24, 2.45) is 5.41 Å². The molecule has 3 rings (SSSR count). The van der Waals surface area contributed by atoms with Crippen molar-refractivity contribution in [2.75, 3.05) is 16.8 Å². The minimum atomic E-state index is -0.102. The van der Waals surface area contributed by atoms with Gasteiger partial charge in [0.2, 0.25) is 5.91 Å². The van der Waals surface area contributed by atoms with Crippen molar-refractivity contribution >= 4 is 23.2 Å². The molecule has 1 heterocycles. The molecule has 1 aliphatic heterocycles. The van der Waals surface area contributed by atoms with Crippen LogP contribution in [0.15, 0.2) is 42.5 Å². The third-order valence-electron chi connectivity index (χ3n) is 5.68. The number of amides is 2. The van der Waals surface area contributed by atoms with Crippen molar-refractivity contribution in [2.45, 2.75) is 66.5 Å². The van der Waals surface area contributed by atoms with Crippen molar-refractivity contribution in [1.29, 1.82) is 0 Å². The van der Waals surface area contributed by atoms with Gasteiger partial charge in [0.25, 0.3) is 5.91 Å². The molecular formula is C26H35N3O2. The third-order valence-corrected chi connectivity index (χ3v) is 5.68. The van der Waals surface area contributed by atoms with E-state index < -0.39 is 0 Å². The fourth-order valence-corrected chi connectivity index (χ4v) is 3.86. The predicted molar refractivity (Wildman–Crippen MR) is 128 cm³/mol. The van der Waals surface area contributed by atoms with E-state index in [2.05, 4.69) is 46.7 Å². The first-order chi connectivity index (χ1) is 14.7. The van der Waals surface area contributed by atoms with Gasteiger partial charge in [-0.25, -0.2) is 0 Å². The lowest BCUT2D eigenvalue weighted by molar-refractivity contribution is -0.117. The highest BCUT2D eigenvalue weighted by Gasteiger charge is 2.23. The van der Waals surface area contributed by atoms with Crippen molar-refractivity contribution < 1.29 is 9.59 Å². The van der Waals surface area contributed by atoms with Gasteiger partial charge in [0, 0.05) is 36.9 Å². The van der Waals surface area contributed by atoms with Crippen LogP contribution in [0.1, 0.15) is 68.9 Å². The fraction of sp³-hybridized carbons (Fsp3) is 0.462. The Kier molecular flexibility index (Phi) is 7.04. The van der Waals surface area contributed by atoms with E-state index >= 15 is 0 Å². The fourth-order valence-electron chi connectivity index (χ4n) is 3.86. The lowest BCUT2D eigenvalue weighted by atomic mass is 9.92. The molecule has 5 nitrogen and oxygen atoms in total. The number of hydrogen-bond acceptors (Lipinski definition) is 3. The van der Waals surface area contributed by atoms with Crippen LogP contribution >= 0.6 is 0 Å². The van der Waals surface area contributed by atoms with Crippen molar-refractivity contribution in [1.82, 2.24) is 5.32 Å². The van der Waals surface area contributed by atoms with Crippen LogP contribution in [0.2, 0.25) is 0 Å². The van der Waals surface area contributed by atoms with Gasteiger partial charge in [-0.1, -0.05) is 52.0 Å². The first kappa shape index (κ1) is 22.9. The number of rotatable bonds is 6. The zero-order chi connectivity index (χ0) is 22.6. The second-order valence-corrected chi connectivity index (χ2v) is 9.74. The summed E-state index contributed by atoms with van der Waals surface area (Å²) >= 11 is 0. The lowest BCUT2D eigenvalue weighted by Crippen LogP contribution is -2.35. The van der Waals surface area contributed by atoms with E-state index in [0.29, 0.717) is 17.7 Å². The van der Waals surface area contributed by atoms with Crippen LogP contribution < -0.4 is 15.5 Å². The first-order valence-corrected chi connectivity index (χ1v) is 11.2. The summed E-state index contributed by atoms with van der Waals surface area (Å²) in [5.41, 5.74) is 4.74. The average Bonchev–Trinajstić information content (AvgIpc) is 2.71. The molecule has 0 spiro atoms. The van der Waals surface area contributed by atoms with Gasteiger partial charge in [0.05, 0.1) is 5.56 Å². The van der Waals surface area contributed by atoms with Gasteiger partial charge < -0.3 is 15.5 Å². The summed E-state index contributed by atoms with van der Waals surface area (Å²) in [4.78, 5) is 27.8. The van der Waals surface area contributed by atoms with Crippen LogP contribution in [-0.2, 0) is 17.8 Å². The highest BCUT2D eigenvalue weighted by molar-refractivity contribution is 6.02. The predicted octanol–water partition coefficient (Wildman–Crippen LogP) is 5.15. The molecule has 0 radical (unpaired) electrons. The molecule has 31 heavy (non-hydrogen) atoms. The number of anilines is 2. The molecule has 1 atom stereocenters. The van der Waals surface area contributed by atoms with E-state index in [1.807, 2.05) is 45.9 Å². The summed E-state index contributed by atoms with van der Waals surface area (Å²) in [5, 5.41) is 6.05. The Bertz CT molecular complexity index is 946. The summed E-state index contributed by atoms with van der Waals surface area (Å²) in [6.07, 6.45) is 2.24. The molecule has 0 bridgehead atoms. The number of carbonyl (C=O) groups is 2. The first-order valence-electron chi connectivity index (χ1n) is 11.2. The largest absolute Gasteiger partial charge is 0.366 e. The van der Waals surface area contributed by atoms with Gasteiger partial charge in [0.15, 0.2) is 0 Å². The van der Waals surface area contributed by atoms with E-state index in [1.54, 1.807) is 0 Å². The summed E-state index contributed by atoms with van der Waals surface area (Å²) in [5.74, 6) is -0.143. The zero-order valence-electron chi connectivity index (χ0n) is 19.4. The molecule has 2 aromatic carbocycles. The summed E-state index contributed by atoms with van der Waals surface area (Å²) in [6, 6.07) is 14.2. The molecule has 5 heteroatoms. The highest BCUT2D eigenvalue weighted by Crippen LogP contribution is 2.30. The molecule has 2 aromatic rings.